The molecule has 0 aliphatic heterocycles. The first-order valence-corrected chi connectivity index (χ1v) is 11.5. The number of para-hydroxylation sites is 1. The minimum absolute atomic E-state index is 0.185. The van der Waals surface area contributed by atoms with E-state index in [2.05, 4.69) is 112 Å². The zero-order valence-corrected chi connectivity index (χ0v) is 19.4. The second-order valence-electron chi connectivity index (χ2n) is 9.79. The number of benzene rings is 3. The summed E-state index contributed by atoms with van der Waals surface area (Å²) in [4.78, 5) is 10.2. The van der Waals surface area contributed by atoms with E-state index in [0.29, 0.717) is 0 Å². The maximum absolute atomic E-state index is 5.12. The number of pyridine rings is 2. The predicted octanol–water partition coefficient (Wildman–Crippen LogP) is 8.22. The lowest BCUT2D eigenvalue weighted by Crippen LogP contribution is -2.09. The van der Waals surface area contributed by atoms with Crippen LogP contribution in [0.1, 0.15) is 26.3 Å². The molecule has 0 saturated carbocycles. The first-order chi connectivity index (χ1) is 16.0. The van der Waals surface area contributed by atoms with Crippen molar-refractivity contribution in [2.24, 2.45) is 5.41 Å². The summed E-state index contributed by atoms with van der Waals surface area (Å²) in [6.45, 7) is 6.84. The zero-order valence-electron chi connectivity index (χ0n) is 19.4. The lowest BCUT2D eigenvalue weighted by molar-refractivity contribution is 0.411. The lowest BCUT2D eigenvalue weighted by Gasteiger charge is -2.19. The van der Waals surface area contributed by atoms with Gasteiger partial charge in [-0.25, -0.2) is 9.97 Å². The normalized spacial score (nSPS) is 11.6. The predicted molar refractivity (Wildman–Crippen MR) is 139 cm³/mol. The average Bonchev–Trinajstić information content (AvgIpc) is 2.83. The third kappa shape index (κ3) is 4.70. The summed E-state index contributed by atoms with van der Waals surface area (Å²) in [6.07, 6.45) is 0.982. The van der Waals surface area contributed by atoms with Gasteiger partial charge in [0.25, 0.3) is 0 Å². The highest BCUT2D eigenvalue weighted by atomic mass is 14.7. The van der Waals surface area contributed by atoms with Crippen LogP contribution in [0.2, 0.25) is 0 Å². The highest BCUT2D eigenvalue weighted by Crippen LogP contribution is 2.32. The molecule has 3 aromatic carbocycles. The molecule has 0 aliphatic rings. The molecule has 2 nitrogen and oxygen atoms in total. The Kier molecular flexibility index (Phi) is 5.51. The van der Waals surface area contributed by atoms with Crippen LogP contribution in [0.5, 0.6) is 0 Å². The Labute approximate surface area is 196 Å². The van der Waals surface area contributed by atoms with E-state index in [-0.39, 0.29) is 5.41 Å². The third-order valence-electron chi connectivity index (χ3n) is 5.75. The second-order valence-corrected chi connectivity index (χ2v) is 9.79. The number of hydrogen-bond donors (Lipinski definition) is 0. The van der Waals surface area contributed by atoms with Gasteiger partial charge < -0.3 is 0 Å². The number of aromatic nitrogens is 2. The number of hydrogen-bond acceptors (Lipinski definition) is 2. The van der Waals surface area contributed by atoms with Gasteiger partial charge in [-0.2, -0.15) is 0 Å². The van der Waals surface area contributed by atoms with Crippen molar-refractivity contribution in [1.82, 2.24) is 9.97 Å². The Morgan fingerprint density at radius 1 is 0.576 bits per heavy atom. The van der Waals surface area contributed by atoms with Crippen LogP contribution in [-0.4, -0.2) is 9.97 Å². The number of nitrogens with zero attached hydrogens (tertiary/aromatic N) is 2. The quantitative estimate of drug-likeness (QED) is 0.288. The van der Waals surface area contributed by atoms with Crippen LogP contribution < -0.4 is 0 Å². The highest BCUT2D eigenvalue weighted by molar-refractivity contribution is 5.94. The minimum Gasteiger partial charge on any atom is -0.248 e. The van der Waals surface area contributed by atoms with Gasteiger partial charge in [0.15, 0.2) is 0 Å². The monoisotopic (exact) mass is 428 g/mol. The van der Waals surface area contributed by atoms with Crippen LogP contribution in [0, 0.1) is 5.41 Å². The molecule has 0 spiro atoms. The van der Waals surface area contributed by atoms with Gasteiger partial charge >= 0.3 is 0 Å². The van der Waals surface area contributed by atoms with Crippen molar-refractivity contribution in [2.75, 3.05) is 0 Å². The summed E-state index contributed by atoms with van der Waals surface area (Å²) in [5.41, 5.74) is 8.73. The Bertz CT molecular complexity index is 1400. The summed E-state index contributed by atoms with van der Waals surface area (Å²) in [5, 5.41) is 1.12. The first-order valence-electron chi connectivity index (χ1n) is 11.5. The number of fused-ring (bicyclic) bond motifs is 1. The van der Waals surface area contributed by atoms with Crippen molar-refractivity contribution in [3.63, 3.8) is 0 Å². The third-order valence-corrected chi connectivity index (χ3v) is 5.75. The molecule has 5 aromatic rings. The number of rotatable bonds is 4. The fraction of sp³-hybridized carbons (Fsp3) is 0.161. The molecule has 33 heavy (non-hydrogen) atoms. The summed E-state index contributed by atoms with van der Waals surface area (Å²) in [6, 6.07) is 35.9. The van der Waals surface area contributed by atoms with E-state index < -0.39 is 0 Å². The maximum atomic E-state index is 5.12. The van der Waals surface area contributed by atoms with Crippen LogP contribution in [-0.2, 0) is 6.42 Å². The summed E-state index contributed by atoms with van der Waals surface area (Å²) >= 11 is 0. The maximum Gasteiger partial charge on any atom is 0.0803 e. The summed E-state index contributed by atoms with van der Waals surface area (Å²) < 4.78 is 0. The summed E-state index contributed by atoms with van der Waals surface area (Å²) in [5.74, 6) is 0. The first kappa shape index (κ1) is 21.1. The SMILES string of the molecule is CC(C)(C)Cc1cc(-c2ccccc2)nc(-c2cccc3ccc(-c4ccccc4)nc23)c1. The van der Waals surface area contributed by atoms with E-state index in [4.69, 9.17) is 9.97 Å². The van der Waals surface area contributed by atoms with Crippen LogP contribution in [0.25, 0.3) is 44.7 Å². The lowest BCUT2D eigenvalue weighted by atomic mass is 9.87. The molecule has 0 N–H and O–H groups in total. The molecule has 0 saturated heterocycles. The van der Waals surface area contributed by atoms with Crippen molar-refractivity contribution in [2.45, 2.75) is 27.2 Å². The molecule has 162 valence electrons. The Hall–Kier alpha value is -3.78. The van der Waals surface area contributed by atoms with E-state index in [1.807, 2.05) is 12.1 Å². The second kappa shape index (κ2) is 8.63. The molecule has 0 bridgehead atoms. The largest absolute Gasteiger partial charge is 0.248 e. The van der Waals surface area contributed by atoms with Gasteiger partial charge in [0.1, 0.15) is 0 Å². The molecule has 2 heteroatoms. The fourth-order valence-corrected chi connectivity index (χ4v) is 4.32. The van der Waals surface area contributed by atoms with E-state index in [1.54, 1.807) is 0 Å². The highest BCUT2D eigenvalue weighted by Gasteiger charge is 2.16. The van der Waals surface area contributed by atoms with Crippen molar-refractivity contribution >= 4 is 10.9 Å². The molecular weight excluding hydrogens is 400 g/mol. The van der Waals surface area contributed by atoms with E-state index in [9.17, 15) is 0 Å². The molecule has 0 unspecified atom stereocenters. The molecule has 0 atom stereocenters. The van der Waals surface area contributed by atoms with Crippen molar-refractivity contribution in [1.29, 1.82) is 0 Å². The van der Waals surface area contributed by atoms with Gasteiger partial charge in [0.2, 0.25) is 0 Å². The van der Waals surface area contributed by atoms with Crippen LogP contribution >= 0.6 is 0 Å². The van der Waals surface area contributed by atoms with Crippen LogP contribution in [0.3, 0.4) is 0 Å². The molecule has 2 heterocycles. The zero-order chi connectivity index (χ0) is 22.8. The van der Waals surface area contributed by atoms with Gasteiger partial charge in [0.05, 0.1) is 22.6 Å². The van der Waals surface area contributed by atoms with Crippen molar-refractivity contribution in [3.05, 3.63) is 109 Å². The van der Waals surface area contributed by atoms with Gasteiger partial charge in [-0.05, 0) is 35.6 Å². The van der Waals surface area contributed by atoms with Crippen LogP contribution in [0.15, 0.2) is 103 Å². The van der Waals surface area contributed by atoms with E-state index >= 15 is 0 Å². The smallest absolute Gasteiger partial charge is 0.0803 e. The van der Waals surface area contributed by atoms with Gasteiger partial charge in [-0.1, -0.05) is 106 Å². The topological polar surface area (TPSA) is 25.8 Å². The Balaban J connectivity index is 1.71. The molecule has 0 fully saturated rings. The molecule has 5 rings (SSSR count). The molecule has 0 radical (unpaired) electrons. The van der Waals surface area contributed by atoms with E-state index in [0.717, 1.165) is 51.1 Å². The Morgan fingerprint density at radius 2 is 1.21 bits per heavy atom. The molecule has 0 amide bonds. The van der Waals surface area contributed by atoms with Gasteiger partial charge in [0, 0.05) is 22.1 Å². The van der Waals surface area contributed by atoms with Gasteiger partial charge in [-0.15, -0.1) is 0 Å². The Morgan fingerprint density at radius 3 is 1.88 bits per heavy atom. The van der Waals surface area contributed by atoms with E-state index in [1.165, 1.54) is 5.56 Å². The van der Waals surface area contributed by atoms with Gasteiger partial charge in [-0.3, -0.25) is 0 Å². The molecule has 2 aromatic heterocycles. The van der Waals surface area contributed by atoms with Crippen molar-refractivity contribution < 1.29 is 0 Å². The molecular formula is C31H28N2. The van der Waals surface area contributed by atoms with Crippen molar-refractivity contribution in [3.8, 4) is 33.8 Å². The molecule has 0 aliphatic carbocycles. The average molecular weight is 429 g/mol. The standard InChI is InChI=1S/C31H28N2/c1-31(2,3)21-22-19-28(24-13-8-5-9-14-24)32-29(20-22)26-16-10-15-25-17-18-27(33-30(25)26)23-11-6-4-7-12-23/h4-20H,21H2,1-3H3. The summed E-state index contributed by atoms with van der Waals surface area (Å²) in [7, 11) is 0. The van der Waals surface area contributed by atoms with Crippen LogP contribution in [0.4, 0.5) is 0 Å². The minimum atomic E-state index is 0.185. The fourth-order valence-electron chi connectivity index (χ4n) is 4.32.